The highest BCUT2D eigenvalue weighted by Crippen LogP contribution is 2.34. The molecule has 1 amide bonds. The minimum atomic E-state index is -4.40. The molecule has 1 aliphatic heterocycles. The van der Waals surface area contributed by atoms with Crippen molar-refractivity contribution in [3.05, 3.63) is 46.7 Å². The third kappa shape index (κ3) is 3.63. The summed E-state index contributed by atoms with van der Waals surface area (Å²) in [5, 5.41) is 6.41. The zero-order valence-electron chi connectivity index (χ0n) is 13.8. The molecule has 2 N–H and O–H groups in total. The van der Waals surface area contributed by atoms with Gasteiger partial charge in [0.2, 0.25) is 0 Å². The molecule has 8 heteroatoms. The molecule has 0 radical (unpaired) electrons. The molecule has 0 bridgehead atoms. The Labute approximate surface area is 149 Å². The SMILES string of the molecule is CC1=C(C(=O)NC2CC2)C(c2ccc(C(F)(F)F)cc2)NC(=S)N1C. The highest BCUT2D eigenvalue weighted by Gasteiger charge is 2.36. The number of benzene rings is 1. The normalized spacial score (nSPS) is 21.2. The van der Waals surface area contributed by atoms with Crippen molar-refractivity contribution in [1.82, 2.24) is 15.5 Å². The van der Waals surface area contributed by atoms with Crippen LogP contribution < -0.4 is 10.6 Å². The number of amides is 1. The van der Waals surface area contributed by atoms with E-state index in [9.17, 15) is 18.0 Å². The van der Waals surface area contributed by atoms with Gasteiger partial charge in [-0.25, -0.2) is 0 Å². The molecule has 1 aliphatic carbocycles. The van der Waals surface area contributed by atoms with Crippen molar-refractivity contribution in [1.29, 1.82) is 0 Å². The maximum absolute atomic E-state index is 12.8. The van der Waals surface area contributed by atoms with E-state index in [0.717, 1.165) is 25.0 Å². The van der Waals surface area contributed by atoms with Crippen LogP contribution in [0.15, 0.2) is 35.5 Å². The molecule has 4 nitrogen and oxygen atoms in total. The number of nitrogens with zero attached hydrogens (tertiary/aromatic N) is 1. The zero-order chi connectivity index (χ0) is 18.4. The average Bonchev–Trinajstić information content (AvgIpc) is 3.35. The number of carbonyl (C=O) groups is 1. The van der Waals surface area contributed by atoms with E-state index >= 15 is 0 Å². The lowest BCUT2D eigenvalue weighted by atomic mass is 9.93. The second-order valence-electron chi connectivity index (χ2n) is 6.31. The van der Waals surface area contributed by atoms with Gasteiger partial charge in [-0.05, 0) is 49.7 Å². The average molecular weight is 369 g/mol. The van der Waals surface area contributed by atoms with E-state index in [4.69, 9.17) is 12.2 Å². The summed E-state index contributed by atoms with van der Waals surface area (Å²) in [5.74, 6) is -0.216. The molecular weight excluding hydrogens is 351 g/mol. The number of halogens is 3. The van der Waals surface area contributed by atoms with Crippen LogP contribution in [0.3, 0.4) is 0 Å². The Kier molecular flexibility index (Phi) is 4.49. The number of allylic oxidation sites excluding steroid dienone is 1. The number of hydrogen-bond acceptors (Lipinski definition) is 2. The van der Waals surface area contributed by atoms with Crippen LogP contribution in [-0.2, 0) is 11.0 Å². The van der Waals surface area contributed by atoms with Crippen molar-refractivity contribution in [3.63, 3.8) is 0 Å². The van der Waals surface area contributed by atoms with Gasteiger partial charge >= 0.3 is 6.18 Å². The lowest BCUT2D eigenvalue weighted by molar-refractivity contribution is -0.137. The third-order valence-electron chi connectivity index (χ3n) is 4.48. The summed E-state index contributed by atoms with van der Waals surface area (Å²) in [5.41, 5.74) is 0.995. The largest absolute Gasteiger partial charge is 0.416 e. The summed E-state index contributed by atoms with van der Waals surface area (Å²) >= 11 is 5.28. The predicted octanol–water partition coefficient (Wildman–Crippen LogP) is 3.12. The maximum atomic E-state index is 12.8. The standard InChI is InChI=1S/C17H18F3N3OS/c1-9-13(15(24)21-12-7-8-12)14(22-16(25)23(9)2)10-3-5-11(6-4-10)17(18,19)20/h3-6,12,14H,7-8H2,1-2H3,(H,21,24)(H,22,25). The quantitative estimate of drug-likeness (QED) is 0.804. The lowest BCUT2D eigenvalue weighted by Gasteiger charge is -2.36. The molecule has 1 aromatic carbocycles. The monoisotopic (exact) mass is 369 g/mol. The van der Waals surface area contributed by atoms with Gasteiger partial charge in [-0.1, -0.05) is 12.1 Å². The Morgan fingerprint density at radius 3 is 2.40 bits per heavy atom. The molecule has 1 aromatic rings. The minimum absolute atomic E-state index is 0.181. The van der Waals surface area contributed by atoms with Gasteiger partial charge in [0.25, 0.3) is 5.91 Å². The minimum Gasteiger partial charge on any atom is -0.351 e. The van der Waals surface area contributed by atoms with E-state index in [1.165, 1.54) is 12.1 Å². The smallest absolute Gasteiger partial charge is 0.351 e. The second kappa shape index (κ2) is 6.33. The highest BCUT2D eigenvalue weighted by molar-refractivity contribution is 7.80. The van der Waals surface area contributed by atoms with E-state index in [0.29, 0.717) is 21.9 Å². The van der Waals surface area contributed by atoms with Gasteiger partial charge in [0.1, 0.15) is 0 Å². The first-order chi connectivity index (χ1) is 11.7. The van der Waals surface area contributed by atoms with Crippen LogP contribution in [0.4, 0.5) is 13.2 Å². The summed E-state index contributed by atoms with van der Waals surface area (Å²) in [4.78, 5) is 14.4. The Morgan fingerprint density at radius 1 is 1.28 bits per heavy atom. The fraction of sp³-hybridized carbons (Fsp3) is 0.412. The summed E-state index contributed by atoms with van der Waals surface area (Å²) in [6.45, 7) is 1.78. The van der Waals surface area contributed by atoms with Gasteiger partial charge < -0.3 is 15.5 Å². The maximum Gasteiger partial charge on any atom is 0.416 e. The van der Waals surface area contributed by atoms with E-state index in [1.807, 2.05) is 0 Å². The van der Waals surface area contributed by atoms with Crippen molar-refractivity contribution >= 4 is 23.2 Å². The molecule has 25 heavy (non-hydrogen) atoms. The van der Waals surface area contributed by atoms with Crippen LogP contribution in [-0.4, -0.2) is 29.0 Å². The molecule has 0 saturated heterocycles. The van der Waals surface area contributed by atoms with Crippen LogP contribution in [0.1, 0.15) is 36.9 Å². The molecule has 3 rings (SSSR count). The first-order valence-electron chi connectivity index (χ1n) is 7.91. The van der Waals surface area contributed by atoms with Crippen LogP contribution >= 0.6 is 12.2 Å². The van der Waals surface area contributed by atoms with Gasteiger partial charge in [0.05, 0.1) is 17.2 Å². The third-order valence-corrected chi connectivity index (χ3v) is 4.87. The Morgan fingerprint density at radius 2 is 1.88 bits per heavy atom. The summed E-state index contributed by atoms with van der Waals surface area (Å²) < 4.78 is 38.3. The topological polar surface area (TPSA) is 44.4 Å². The molecule has 1 saturated carbocycles. The first-order valence-corrected chi connectivity index (χ1v) is 8.32. The molecule has 0 aromatic heterocycles. The van der Waals surface area contributed by atoms with Crippen molar-refractivity contribution in [3.8, 4) is 0 Å². The zero-order valence-corrected chi connectivity index (χ0v) is 14.6. The van der Waals surface area contributed by atoms with Gasteiger partial charge in [-0.3, -0.25) is 4.79 Å². The number of nitrogens with one attached hydrogen (secondary N) is 2. The number of thiocarbonyl (C=S) groups is 1. The van der Waals surface area contributed by atoms with E-state index in [1.54, 1.807) is 18.9 Å². The van der Waals surface area contributed by atoms with Crippen LogP contribution in [0.5, 0.6) is 0 Å². The number of hydrogen-bond donors (Lipinski definition) is 2. The summed E-state index contributed by atoms with van der Waals surface area (Å²) in [7, 11) is 1.75. The summed E-state index contributed by atoms with van der Waals surface area (Å²) in [6, 6.07) is 4.40. The molecule has 134 valence electrons. The lowest BCUT2D eigenvalue weighted by Crippen LogP contribution is -2.47. The second-order valence-corrected chi connectivity index (χ2v) is 6.69. The number of alkyl halides is 3. The molecule has 1 heterocycles. The van der Waals surface area contributed by atoms with E-state index in [-0.39, 0.29) is 11.9 Å². The fourth-order valence-electron chi connectivity index (χ4n) is 2.74. The first kappa shape index (κ1) is 17.7. The molecule has 0 spiro atoms. The van der Waals surface area contributed by atoms with Gasteiger partial charge in [-0.2, -0.15) is 13.2 Å². The van der Waals surface area contributed by atoms with Gasteiger partial charge in [-0.15, -0.1) is 0 Å². The van der Waals surface area contributed by atoms with Crippen molar-refractivity contribution in [2.24, 2.45) is 0 Å². The number of carbonyl (C=O) groups excluding carboxylic acids is 1. The highest BCUT2D eigenvalue weighted by atomic mass is 32.1. The number of rotatable bonds is 3. The van der Waals surface area contributed by atoms with Crippen LogP contribution in [0.2, 0.25) is 0 Å². The van der Waals surface area contributed by atoms with Crippen molar-refractivity contribution in [2.45, 2.75) is 38.0 Å². The fourth-order valence-corrected chi connectivity index (χ4v) is 2.99. The van der Waals surface area contributed by atoms with E-state index < -0.39 is 17.8 Å². The van der Waals surface area contributed by atoms with E-state index in [2.05, 4.69) is 10.6 Å². The molecule has 2 aliphatic rings. The van der Waals surface area contributed by atoms with Gasteiger partial charge in [0.15, 0.2) is 5.11 Å². The molecule has 1 fully saturated rings. The molecular formula is C17H18F3N3OS. The Bertz CT molecular complexity index is 739. The molecule has 1 unspecified atom stereocenters. The van der Waals surface area contributed by atoms with Crippen molar-refractivity contribution < 1.29 is 18.0 Å². The van der Waals surface area contributed by atoms with Crippen LogP contribution in [0, 0.1) is 0 Å². The molecule has 1 atom stereocenters. The van der Waals surface area contributed by atoms with Gasteiger partial charge in [0, 0.05) is 18.8 Å². The Balaban J connectivity index is 1.96. The van der Waals surface area contributed by atoms with Crippen LogP contribution in [0.25, 0.3) is 0 Å². The predicted molar refractivity (Wildman–Crippen MR) is 91.5 cm³/mol. The Hall–Kier alpha value is -2.09. The summed E-state index contributed by atoms with van der Waals surface area (Å²) in [6.07, 6.45) is -2.50. The van der Waals surface area contributed by atoms with Crippen molar-refractivity contribution in [2.75, 3.05) is 7.05 Å².